The lowest BCUT2D eigenvalue weighted by molar-refractivity contribution is -0.191. The lowest BCUT2D eigenvalue weighted by Crippen LogP contribution is -2.45. The summed E-state index contributed by atoms with van der Waals surface area (Å²) < 4.78 is 31.5. The third kappa shape index (κ3) is 17.2. The predicted molar refractivity (Wildman–Crippen MR) is 287 cm³/mol. The number of hydrogen-bond donors (Lipinski definition) is 4. The van der Waals surface area contributed by atoms with Crippen molar-refractivity contribution in [2.45, 2.75) is 118 Å². The number of aromatic nitrogens is 2. The van der Waals surface area contributed by atoms with E-state index < -0.39 is 23.4 Å². The van der Waals surface area contributed by atoms with Crippen molar-refractivity contribution in [3.8, 4) is 0 Å². The minimum absolute atomic E-state index is 0.0117. The van der Waals surface area contributed by atoms with Gasteiger partial charge in [-0.25, -0.2) is 8.78 Å². The first kappa shape index (κ1) is 60.3. The zero-order chi connectivity index (χ0) is 56.7. The molecule has 408 valence electrons. The number of carbonyl (C=O) groups excluding carboxylic acids is 9. The van der Waals surface area contributed by atoms with Crippen LogP contribution in [0.3, 0.4) is 0 Å². The van der Waals surface area contributed by atoms with Gasteiger partial charge in [0.2, 0.25) is 23.6 Å². The number of Topliss-reactive ketones (excluding diaryl/α,β-unsaturated/α-hetero) is 2. The highest BCUT2D eigenvalue weighted by atomic mass is 35.5. The molecule has 2 aliphatic rings. The lowest BCUT2D eigenvalue weighted by Gasteiger charge is -2.26. The lowest BCUT2D eigenvalue weighted by atomic mass is 10.1. The SMILES string of the molecule is CC(=O)c1cn(CC(=O)N(CC(=O)NCc2cccc(Cl)c2F)C(C)C)c2ccc(C(=O)NC3CC3)cc12.CC(=O)c1cn(CC(=O)N(CC(=O)NCc2cccc(Cl)c2F)C(C)C)c2ccccc12.NC1CC1.O=C=O. The Labute approximate surface area is 454 Å². The number of para-hydroxylation sites is 1. The Morgan fingerprint density at radius 1 is 0.649 bits per heavy atom. The van der Waals surface area contributed by atoms with Crippen molar-refractivity contribution in [1.29, 1.82) is 0 Å². The number of nitrogens with zero attached hydrogens (tertiary/aromatic N) is 4. The Morgan fingerprint density at radius 3 is 1.49 bits per heavy atom. The normalized spacial score (nSPS) is 12.5. The standard InChI is InChI=1S/C28H30ClFN4O4.C24H25ClFN3O3.C3H7N.CO2/c1-16(2)34(14-25(36)31-12-19-5-4-6-23(29)27(19)30)26(37)15-33-13-22(17(3)35)21-11-18(7-10-24(21)33)28(38)32-20-8-9-20;1-15(2)29(13-22(31)27-11-17-7-6-9-20(25)24(17)26)23(32)14-28-12-19(16(3)30)18-8-4-5-10-21(18)28;4-3-1-2-3;2-1-3/h4-7,10-11,13,16,20H,8-9,12,14-15H2,1-3H3,(H,31,36)(H,32,38);4-10,12,15H,11,13-14H2,1-3H3,(H,27,31);3H,1-2,4H2;. The second-order valence-corrected chi connectivity index (χ2v) is 19.9. The summed E-state index contributed by atoms with van der Waals surface area (Å²) in [5.41, 5.74) is 8.55. The summed E-state index contributed by atoms with van der Waals surface area (Å²) in [7, 11) is 0. The molecule has 2 saturated carbocycles. The smallest absolute Gasteiger partial charge is 0.350 e. The molecule has 6 aromatic rings. The molecule has 17 nitrogen and oxygen atoms in total. The predicted octanol–water partition coefficient (Wildman–Crippen LogP) is 7.80. The molecule has 0 aliphatic heterocycles. The molecule has 0 bridgehead atoms. The van der Waals surface area contributed by atoms with E-state index in [1.165, 1.54) is 60.8 Å². The van der Waals surface area contributed by atoms with E-state index in [4.69, 9.17) is 38.5 Å². The van der Waals surface area contributed by atoms with Gasteiger partial charge in [-0.3, -0.25) is 33.6 Å². The van der Waals surface area contributed by atoms with Crippen LogP contribution in [0.25, 0.3) is 21.8 Å². The van der Waals surface area contributed by atoms with Crippen molar-refractivity contribution in [3.63, 3.8) is 0 Å². The van der Waals surface area contributed by atoms with Gasteiger partial charge in [-0.1, -0.05) is 65.7 Å². The van der Waals surface area contributed by atoms with Crippen molar-refractivity contribution in [2.24, 2.45) is 5.73 Å². The van der Waals surface area contributed by atoms with Gasteiger partial charge < -0.3 is 40.6 Å². The quantitative estimate of drug-likeness (QED) is 0.0610. The van der Waals surface area contributed by atoms with E-state index >= 15 is 0 Å². The average Bonchev–Trinajstić information content (AvgIpc) is 4.31. The van der Waals surface area contributed by atoms with Gasteiger partial charge in [0.1, 0.15) is 24.7 Å². The molecule has 5 amide bonds. The average molecular weight is 1100 g/mol. The van der Waals surface area contributed by atoms with Gasteiger partial charge in [-0.15, -0.1) is 0 Å². The maximum absolute atomic E-state index is 14.1. The number of fused-ring (bicyclic) bond motifs is 2. The van der Waals surface area contributed by atoms with Crippen LogP contribution in [0.2, 0.25) is 10.0 Å². The topological polar surface area (TPSA) is 232 Å². The van der Waals surface area contributed by atoms with Crippen LogP contribution in [0.5, 0.6) is 0 Å². The summed E-state index contributed by atoms with van der Waals surface area (Å²) in [6.07, 6.45) is 7.99. The van der Waals surface area contributed by atoms with Crippen LogP contribution in [0.4, 0.5) is 8.78 Å². The third-order valence-corrected chi connectivity index (χ3v) is 13.0. The second-order valence-electron chi connectivity index (χ2n) is 19.1. The highest BCUT2D eigenvalue weighted by Gasteiger charge is 2.27. The highest BCUT2D eigenvalue weighted by molar-refractivity contribution is 6.31. The fourth-order valence-corrected chi connectivity index (χ4v) is 8.26. The maximum atomic E-state index is 14.1. The molecule has 2 aromatic heterocycles. The van der Waals surface area contributed by atoms with Gasteiger partial charge in [0.15, 0.2) is 11.6 Å². The van der Waals surface area contributed by atoms with Gasteiger partial charge in [0, 0.05) is 99.3 Å². The van der Waals surface area contributed by atoms with Gasteiger partial charge >= 0.3 is 6.15 Å². The van der Waals surface area contributed by atoms with Crippen LogP contribution >= 0.6 is 23.2 Å². The van der Waals surface area contributed by atoms with E-state index in [2.05, 4.69) is 16.0 Å². The molecule has 0 spiro atoms. The van der Waals surface area contributed by atoms with E-state index in [1.807, 2.05) is 38.1 Å². The Balaban J connectivity index is 0.000000255. The number of nitrogens with two attached hydrogens (primary N) is 1. The number of ketones is 2. The molecule has 0 atom stereocenters. The fourth-order valence-electron chi connectivity index (χ4n) is 7.87. The van der Waals surface area contributed by atoms with Crippen LogP contribution in [0, 0.1) is 11.6 Å². The van der Waals surface area contributed by atoms with Crippen molar-refractivity contribution >= 4 is 92.3 Å². The number of rotatable bonds is 18. The van der Waals surface area contributed by atoms with Gasteiger partial charge in [-0.2, -0.15) is 9.59 Å². The summed E-state index contributed by atoms with van der Waals surface area (Å²) >= 11 is 11.6. The second kappa shape index (κ2) is 28.0. The zero-order valence-corrected chi connectivity index (χ0v) is 45.1. The monoisotopic (exact) mass is 1100 g/mol. The molecule has 4 aromatic carbocycles. The first-order chi connectivity index (χ1) is 36.5. The van der Waals surface area contributed by atoms with Crippen LogP contribution in [0.1, 0.15) is 109 Å². The van der Waals surface area contributed by atoms with Crippen LogP contribution in [-0.4, -0.2) is 103 Å². The molecule has 2 heterocycles. The van der Waals surface area contributed by atoms with Crippen molar-refractivity contribution in [2.75, 3.05) is 13.1 Å². The summed E-state index contributed by atoms with van der Waals surface area (Å²) in [6.45, 7) is 9.54. The van der Waals surface area contributed by atoms with Crippen LogP contribution in [0.15, 0.2) is 91.3 Å². The van der Waals surface area contributed by atoms with Crippen molar-refractivity contribution < 1.29 is 51.9 Å². The maximum Gasteiger partial charge on any atom is 0.373 e. The number of amides is 5. The molecule has 5 N–H and O–H groups in total. The van der Waals surface area contributed by atoms with Gasteiger partial charge in [0.25, 0.3) is 5.91 Å². The Morgan fingerprint density at radius 2 is 1.08 bits per heavy atom. The van der Waals surface area contributed by atoms with Crippen molar-refractivity contribution in [1.82, 2.24) is 34.9 Å². The summed E-state index contributed by atoms with van der Waals surface area (Å²) in [5, 5.41) is 9.53. The Bertz CT molecular complexity index is 3180. The molecular weight excluding hydrogens is 1040 g/mol. The molecule has 2 aliphatic carbocycles. The zero-order valence-electron chi connectivity index (χ0n) is 43.6. The van der Waals surface area contributed by atoms with Crippen molar-refractivity contribution in [3.05, 3.63) is 141 Å². The van der Waals surface area contributed by atoms with Crippen LogP contribution < -0.4 is 21.7 Å². The minimum Gasteiger partial charge on any atom is -0.350 e. The Hall–Kier alpha value is -7.57. The summed E-state index contributed by atoms with van der Waals surface area (Å²) in [4.78, 5) is 107. The third-order valence-electron chi connectivity index (χ3n) is 12.4. The molecule has 0 saturated heterocycles. The summed E-state index contributed by atoms with van der Waals surface area (Å²) in [5.74, 6) is -3.08. The first-order valence-electron chi connectivity index (χ1n) is 24.8. The van der Waals surface area contributed by atoms with Gasteiger partial charge in [-0.05, 0) is 104 Å². The summed E-state index contributed by atoms with van der Waals surface area (Å²) in [6, 6.07) is 21.8. The fraction of sp³-hybridized carbons (Fsp3) is 0.357. The van der Waals surface area contributed by atoms with E-state index in [9.17, 15) is 42.3 Å². The van der Waals surface area contributed by atoms with E-state index in [-0.39, 0.29) is 114 Å². The van der Waals surface area contributed by atoms with E-state index in [0.717, 1.165) is 23.7 Å². The molecule has 77 heavy (non-hydrogen) atoms. The number of benzene rings is 4. The number of halogens is 4. The number of carbonyl (C=O) groups is 7. The highest BCUT2D eigenvalue weighted by Crippen LogP contribution is 2.27. The molecule has 8 rings (SSSR count). The molecule has 0 unspecified atom stereocenters. The van der Waals surface area contributed by atoms with Gasteiger partial charge in [0.05, 0.1) is 23.1 Å². The number of nitrogens with one attached hydrogen (secondary N) is 3. The Kier molecular flexibility index (Phi) is 21.9. The van der Waals surface area contributed by atoms with E-state index in [0.29, 0.717) is 33.6 Å². The van der Waals surface area contributed by atoms with Crippen LogP contribution in [-0.2, 0) is 54.9 Å². The van der Waals surface area contributed by atoms with E-state index in [1.54, 1.807) is 65.7 Å². The molecule has 0 radical (unpaired) electrons. The molecule has 21 heteroatoms. The number of hydrogen-bond acceptors (Lipinski definition) is 10. The largest absolute Gasteiger partial charge is 0.373 e. The first-order valence-corrected chi connectivity index (χ1v) is 25.6. The molecule has 2 fully saturated rings. The minimum atomic E-state index is -0.597. The molecular formula is C56H62Cl2F2N8O9.